The van der Waals surface area contributed by atoms with E-state index in [-0.39, 0.29) is 86.8 Å². The summed E-state index contributed by atoms with van der Waals surface area (Å²) in [6.45, 7) is 13.6. The molecule has 2 aromatic heterocycles. The minimum atomic E-state index is -4.91. The van der Waals surface area contributed by atoms with Crippen molar-refractivity contribution >= 4 is 122 Å². The number of imidazole rings is 1. The summed E-state index contributed by atoms with van der Waals surface area (Å²) >= 11 is 6.31. The van der Waals surface area contributed by atoms with Crippen LogP contribution in [0.2, 0.25) is 5.28 Å². The maximum Gasteiger partial charge on any atom is 0.340 e. The molecule has 6 aromatic carbocycles. The molecule has 2 bridgehead atoms. The number of hydrogen-bond donors (Lipinski definition) is 10. The maximum atomic E-state index is 13.8. The molecule has 2 unspecified atom stereocenters. The third-order valence-electron chi connectivity index (χ3n) is 24.4. The largest absolute Gasteiger partial charge is 0.748 e. The highest BCUT2D eigenvalue weighted by Gasteiger charge is 2.55. The predicted molar refractivity (Wildman–Crippen MR) is 469 cm³/mol. The molecule has 31 heteroatoms. The van der Waals surface area contributed by atoms with Crippen molar-refractivity contribution in [3.8, 4) is 0 Å². The quantitative estimate of drug-likeness (QED) is 0.00429. The normalized spacial score (nSPS) is 21.9. The van der Waals surface area contributed by atoms with Gasteiger partial charge in [-0.1, -0.05) is 167 Å². The van der Waals surface area contributed by atoms with Crippen molar-refractivity contribution in [3.63, 3.8) is 0 Å². The number of aliphatic hydroxyl groups excluding tert-OH is 2. The molecule has 640 valence electrons. The predicted octanol–water partition coefficient (Wildman–Crippen LogP) is 14.1. The first-order valence-corrected chi connectivity index (χ1v) is 47.3. The van der Waals surface area contributed by atoms with E-state index in [9.17, 15) is 51.6 Å². The van der Waals surface area contributed by atoms with Crippen molar-refractivity contribution < 1.29 is 75.2 Å². The summed E-state index contributed by atoms with van der Waals surface area (Å²) in [5.41, 5.74) is 17.1. The van der Waals surface area contributed by atoms with Crippen molar-refractivity contribution in [2.24, 2.45) is 28.8 Å². The summed E-state index contributed by atoms with van der Waals surface area (Å²) in [5.74, 6) is -1.20. The van der Waals surface area contributed by atoms with Crippen LogP contribution >= 0.6 is 26.8 Å². The summed E-state index contributed by atoms with van der Waals surface area (Å²) in [7, 11) is -14.0. The first-order chi connectivity index (χ1) is 57.9. The van der Waals surface area contributed by atoms with Gasteiger partial charge < -0.3 is 64.9 Å². The molecule has 0 spiro atoms. The molecule has 3 fully saturated rings. The number of aliphatic hydroxyl groups is 2. The molecule has 8 aromatic rings. The molecule has 2 aliphatic carbocycles. The number of unbranched alkanes of at least 4 members (excludes halogenated alkanes) is 8. The Labute approximate surface area is 710 Å². The lowest BCUT2D eigenvalue weighted by Crippen LogP contribution is -2.40. The van der Waals surface area contributed by atoms with Crippen molar-refractivity contribution in [1.82, 2.24) is 40.9 Å². The van der Waals surface area contributed by atoms with Crippen LogP contribution in [0.1, 0.15) is 169 Å². The fourth-order valence-electron chi connectivity index (χ4n) is 18.6. The van der Waals surface area contributed by atoms with Gasteiger partial charge in [-0.05, 0) is 169 Å². The van der Waals surface area contributed by atoms with E-state index >= 15 is 0 Å². The number of rotatable bonds is 38. The van der Waals surface area contributed by atoms with Crippen LogP contribution in [0.5, 0.6) is 0 Å². The van der Waals surface area contributed by atoms with Crippen molar-refractivity contribution in [3.05, 3.63) is 220 Å². The Kier molecular flexibility index (Phi) is 27.4. The SMILES string of the molecule is CC1=NNC(c2ccc(CNC(=O)CCCCCCCN3/C(=C/C=C/C=C/C=C/C4=[N+](CCCCS(=O)(=O)[O-])c5ccc6ccccc6c5C4(C)C)C(C)(C)c4c3ccc3ccccc43)cc2)=C2[C@H]3CC(C(=O)NCCCCCCNC(=O)c4ccc(CNc5nc(Cl)nc6c5ncn6[C@@H]5O[C@H](COP(=O)(O)CP(=O)(O)O)[C@@H](O)[C@H]5O)cc4)[C@H](C3)[C@@H]12. The van der Waals surface area contributed by atoms with Gasteiger partial charge in [0.25, 0.3) is 5.91 Å². The summed E-state index contributed by atoms with van der Waals surface area (Å²) in [5, 5.41) is 43.6. The van der Waals surface area contributed by atoms with Crippen LogP contribution in [0.4, 0.5) is 17.2 Å². The van der Waals surface area contributed by atoms with E-state index in [0.29, 0.717) is 51.0 Å². The van der Waals surface area contributed by atoms with Gasteiger partial charge in [-0.15, -0.1) is 0 Å². The molecule has 2 saturated carbocycles. The average molecular weight is 1730 g/mol. The van der Waals surface area contributed by atoms with Gasteiger partial charge in [0.15, 0.2) is 34.8 Å². The van der Waals surface area contributed by atoms with Gasteiger partial charge in [0, 0.05) is 109 Å². The monoisotopic (exact) mass is 1720 g/mol. The highest BCUT2D eigenvalue weighted by Crippen LogP contribution is 2.59. The molecular weight excluding hydrogens is 1620 g/mol. The lowest BCUT2D eigenvalue weighted by molar-refractivity contribution is -0.438. The summed E-state index contributed by atoms with van der Waals surface area (Å²) in [4.78, 5) is 83.7. The zero-order chi connectivity index (χ0) is 85.5. The molecule has 9 atom stereocenters. The second kappa shape index (κ2) is 37.8. The molecule has 14 rings (SSSR count). The van der Waals surface area contributed by atoms with Crippen molar-refractivity contribution in [2.75, 3.05) is 54.7 Å². The number of carbonyl (C=O) groups is 3. The van der Waals surface area contributed by atoms with Crippen LogP contribution in [0.15, 0.2) is 187 Å². The Morgan fingerprint density at radius 2 is 1.40 bits per heavy atom. The van der Waals surface area contributed by atoms with E-state index in [4.69, 9.17) is 35.7 Å². The molecule has 121 heavy (non-hydrogen) atoms. The van der Waals surface area contributed by atoms with Crippen LogP contribution < -0.4 is 31.6 Å². The Hall–Kier alpha value is -9.38. The fraction of sp³-hybridized carbons (Fsp3) is 0.422. The number of carbonyl (C=O) groups excluding carboxylic acids is 3. The minimum absolute atomic E-state index is 0.0443. The number of ether oxygens (including phenoxy) is 1. The Bertz CT molecular complexity index is 5670. The Morgan fingerprint density at radius 1 is 0.736 bits per heavy atom. The highest BCUT2D eigenvalue weighted by molar-refractivity contribution is 7.85. The van der Waals surface area contributed by atoms with Crippen LogP contribution in [-0.4, -0.2) is 154 Å². The zero-order valence-corrected chi connectivity index (χ0v) is 72.0. The third kappa shape index (κ3) is 20.3. The van der Waals surface area contributed by atoms with Crippen LogP contribution in [0, 0.1) is 23.7 Å². The molecule has 6 heterocycles. The van der Waals surface area contributed by atoms with Crippen molar-refractivity contribution in [1.29, 1.82) is 0 Å². The third-order valence-corrected chi connectivity index (χ3v) is 28.8. The number of amides is 3. The first kappa shape index (κ1) is 87.9. The van der Waals surface area contributed by atoms with Gasteiger partial charge in [0.2, 0.25) is 22.8 Å². The number of allylic oxidation sites excluding steroid dienone is 9. The summed E-state index contributed by atoms with van der Waals surface area (Å²) in [6.07, 6.45) is 21.5. The fourth-order valence-corrected chi connectivity index (χ4v) is 21.9. The zero-order valence-electron chi connectivity index (χ0n) is 68.7. The summed E-state index contributed by atoms with van der Waals surface area (Å²) in [6, 6.07) is 41.2. The number of aromatic nitrogens is 4. The average Bonchev–Trinajstić information content (AvgIpc) is 1.59. The van der Waals surface area contributed by atoms with E-state index in [1.807, 2.05) is 0 Å². The van der Waals surface area contributed by atoms with Gasteiger partial charge in [-0.25, -0.2) is 13.4 Å². The van der Waals surface area contributed by atoms with Gasteiger partial charge in [-0.2, -0.15) is 19.6 Å². The lowest BCUT2D eigenvalue weighted by Gasteiger charge is -2.35. The molecular formula is C90H107ClN12O15P2S. The molecule has 4 aliphatic heterocycles. The lowest BCUT2D eigenvalue weighted by atomic mass is 9.73. The number of hydrazone groups is 1. The topological polar surface area (TPSA) is 385 Å². The van der Waals surface area contributed by atoms with Gasteiger partial charge in [0.05, 0.1) is 34.2 Å². The van der Waals surface area contributed by atoms with Gasteiger partial charge >= 0.3 is 15.2 Å². The molecule has 1 saturated heterocycles. The van der Waals surface area contributed by atoms with Crippen LogP contribution in [0.3, 0.4) is 0 Å². The smallest absolute Gasteiger partial charge is 0.340 e. The van der Waals surface area contributed by atoms with E-state index in [0.717, 1.165) is 117 Å². The van der Waals surface area contributed by atoms with E-state index in [2.05, 4.69) is 225 Å². The number of nitrogens with one attached hydrogen (secondary N) is 5. The number of halogens is 1. The molecule has 6 aliphatic rings. The number of hydrogen-bond acceptors (Lipinski definition) is 19. The molecule has 3 amide bonds. The Balaban J connectivity index is 0.483. The minimum Gasteiger partial charge on any atom is -0.748 e. The van der Waals surface area contributed by atoms with Gasteiger partial charge in [0.1, 0.15) is 24.9 Å². The second-order valence-electron chi connectivity index (χ2n) is 33.5. The summed E-state index contributed by atoms with van der Waals surface area (Å²) < 4.78 is 72.0. The molecule has 0 radical (unpaired) electrons. The van der Waals surface area contributed by atoms with Gasteiger partial charge in [-0.3, -0.25) is 33.5 Å². The maximum absolute atomic E-state index is 13.8. The molecule has 10 N–H and O–H groups in total. The molecule has 27 nitrogen and oxygen atoms in total. The first-order valence-electron chi connectivity index (χ1n) is 41.8. The van der Waals surface area contributed by atoms with Crippen LogP contribution in [-0.2, 0) is 62.0 Å². The number of anilines is 2. The number of benzene rings is 6. The standard InChI is InChI=1S/C90H107ClN12O15P2S/c1-57-75-67-50-64(51-68(67)86(108)93-46-22-12-11-21-45-92-85(107)63-39-35-59(36-40-63)53-95-83-80-84(98-88(91)97-83)103(55-96-80)87-82(106)81(105)71(118-87)54-117-120(112,113)56-119(109,110)111)76(75)79(100-99-57)62-37-33-58(34-38-62)52-94-74(104)32-16-10-7-13-23-47-101-69-43-41-60-26-17-19-28-65(60)77(69)89(2,3)72(101)30-14-8-6-9-15-31-73-90(4,5)78-66-29-20-18-27-61(66)42-44-70(78)102(73)48-24-25-49-121(114,115)116/h6,8-9,14-15,17-20,26-31,33-44,55,64,67-68,71,75,81-82,87,100,105-106H,7,10-13,16,21-25,32,45-54,56H2,1-5H3,(H7-,92,93,94,95,97,98,104,107,108,109,110,111,112,113,114,115,116)/t64-,67+,68?,71-,75-,81-,82-,87-/m1/s1. The van der Waals surface area contributed by atoms with E-state index in [1.54, 1.807) is 24.3 Å². The van der Waals surface area contributed by atoms with Crippen LogP contribution in [0.25, 0.3) is 38.4 Å². The second-order valence-corrected chi connectivity index (χ2v) is 39.4. The Morgan fingerprint density at radius 3 is 2.13 bits per heavy atom. The number of nitrogens with zero attached hydrogens (tertiary/aromatic N) is 7. The van der Waals surface area contributed by atoms with E-state index in [1.165, 1.54) is 60.5 Å². The van der Waals surface area contributed by atoms with Crippen molar-refractivity contribution in [2.45, 2.75) is 173 Å². The number of fused-ring (bicyclic) bond motifs is 12. The van der Waals surface area contributed by atoms with E-state index < -0.39 is 62.4 Å². The highest BCUT2D eigenvalue weighted by atomic mass is 35.5.